The second kappa shape index (κ2) is 4.97. The van der Waals surface area contributed by atoms with E-state index in [-0.39, 0.29) is 11.5 Å². The van der Waals surface area contributed by atoms with Crippen molar-refractivity contribution in [3.63, 3.8) is 0 Å². The number of rotatable bonds is 4. The third-order valence-electron chi connectivity index (χ3n) is 4.00. The van der Waals surface area contributed by atoms with E-state index in [2.05, 4.69) is 20.4 Å². The topological polar surface area (TPSA) is 20.2 Å². The van der Waals surface area contributed by atoms with Gasteiger partial charge in [0.1, 0.15) is 0 Å². The molecule has 1 saturated carbocycles. The number of aliphatic hydroxyl groups is 1. The maximum absolute atomic E-state index is 10.3. The van der Waals surface area contributed by atoms with Crippen LogP contribution >= 0.6 is 0 Å². The summed E-state index contributed by atoms with van der Waals surface area (Å²) in [5.74, 6) is 0.506. The predicted molar refractivity (Wildman–Crippen MR) is 61.2 cm³/mol. The van der Waals surface area contributed by atoms with Crippen LogP contribution < -0.4 is 0 Å². The molecule has 0 aliphatic heterocycles. The van der Waals surface area contributed by atoms with Gasteiger partial charge in [-0.2, -0.15) is 0 Å². The first kappa shape index (κ1) is 11.8. The van der Waals surface area contributed by atoms with Crippen molar-refractivity contribution in [2.45, 2.75) is 58.5 Å². The van der Waals surface area contributed by atoms with Crippen molar-refractivity contribution in [3.05, 3.63) is 12.7 Å². The summed E-state index contributed by atoms with van der Waals surface area (Å²) in [6.45, 7) is 8.12. The van der Waals surface area contributed by atoms with E-state index in [1.165, 1.54) is 32.1 Å². The van der Waals surface area contributed by atoms with Crippen molar-refractivity contribution in [2.75, 3.05) is 0 Å². The molecule has 2 atom stereocenters. The molecule has 1 aliphatic carbocycles. The van der Waals surface area contributed by atoms with Crippen LogP contribution in [0.4, 0.5) is 0 Å². The molecule has 0 heterocycles. The summed E-state index contributed by atoms with van der Waals surface area (Å²) in [4.78, 5) is 0. The second-order valence-corrected chi connectivity index (χ2v) is 4.91. The SMILES string of the molecule is C=C[C@](C)(CC)[C@@H](O)C1CCCCC1. The molecule has 0 bridgehead atoms. The highest BCUT2D eigenvalue weighted by molar-refractivity contribution is 4.98. The Balaban J connectivity index is 2.60. The van der Waals surface area contributed by atoms with Gasteiger partial charge in [0, 0.05) is 5.41 Å². The van der Waals surface area contributed by atoms with Gasteiger partial charge in [-0.1, -0.05) is 39.2 Å². The average Bonchev–Trinajstić information content (AvgIpc) is 2.28. The molecule has 0 aromatic heterocycles. The van der Waals surface area contributed by atoms with Crippen molar-refractivity contribution in [3.8, 4) is 0 Å². The normalized spacial score (nSPS) is 25.4. The van der Waals surface area contributed by atoms with Crippen LogP contribution in [-0.4, -0.2) is 11.2 Å². The maximum Gasteiger partial charge on any atom is 0.0656 e. The van der Waals surface area contributed by atoms with Crippen LogP contribution in [0, 0.1) is 11.3 Å². The number of aliphatic hydroxyl groups excluding tert-OH is 1. The maximum atomic E-state index is 10.3. The zero-order valence-electron chi connectivity index (χ0n) is 9.63. The van der Waals surface area contributed by atoms with Crippen LogP contribution in [0.1, 0.15) is 52.4 Å². The summed E-state index contributed by atoms with van der Waals surface area (Å²) in [6.07, 6.45) is 9.05. The molecule has 14 heavy (non-hydrogen) atoms. The van der Waals surface area contributed by atoms with Crippen LogP contribution in [0.3, 0.4) is 0 Å². The van der Waals surface area contributed by atoms with Crippen molar-refractivity contribution in [1.82, 2.24) is 0 Å². The first-order valence-electron chi connectivity index (χ1n) is 5.95. The molecule has 1 rings (SSSR count). The van der Waals surface area contributed by atoms with Crippen molar-refractivity contribution in [1.29, 1.82) is 0 Å². The molecular formula is C13H24O. The highest BCUT2D eigenvalue weighted by atomic mass is 16.3. The Labute approximate surface area is 88.2 Å². The molecule has 0 aromatic rings. The third-order valence-corrected chi connectivity index (χ3v) is 4.00. The van der Waals surface area contributed by atoms with Gasteiger partial charge in [-0.3, -0.25) is 0 Å². The molecule has 1 N–H and O–H groups in total. The van der Waals surface area contributed by atoms with Crippen molar-refractivity contribution in [2.24, 2.45) is 11.3 Å². The number of hydrogen-bond donors (Lipinski definition) is 1. The fourth-order valence-corrected chi connectivity index (χ4v) is 2.46. The van der Waals surface area contributed by atoms with Crippen LogP contribution in [0.15, 0.2) is 12.7 Å². The lowest BCUT2D eigenvalue weighted by Gasteiger charge is -2.37. The fraction of sp³-hybridized carbons (Fsp3) is 0.846. The van der Waals surface area contributed by atoms with Gasteiger partial charge in [-0.25, -0.2) is 0 Å². The Kier molecular flexibility index (Phi) is 4.18. The van der Waals surface area contributed by atoms with E-state index in [1.54, 1.807) is 0 Å². The third kappa shape index (κ3) is 2.38. The minimum atomic E-state index is -0.190. The van der Waals surface area contributed by atoms with Crippen molar-refractivity contribution >= 4 is 0 Å². The van der Waals surface area contributed by atoms with Gasteiger partial charge in [0.15, 0.2) is 0 Å². The van der Waals surface area contributed by atoms with Gasteiger partial charge in [0.05, 0.1) is 6.10 Å². The first-order valence-corrected chi connectivity index (χ1v) is 5.95. The molecular weight excluding hydrogens is 172 g/mol. The largest absolute Gasteiger partial charge is 0.392 e. The summed E-state index contributed by atoms with van der Waals surface area (Å²) >= 11 is 0. The summed E-state index contributed by atoms with van der Waals surface area (Å²) < 4.78 is 0. The molecule has 1 aliphatic rings. The molecule has 0 unspecified atom stereocenters. The lowest BCUT2D eigenvalue weighted by atomic mass is 9.71. The molecule has 1 fully saturated rings. The van der Waals surface area contributed by atoms with Gasteiger partial charge in [0.25, 0.3) is 0 Å². The molecule has 0 aromatic carbocycles. The lowest BCUT2D eigenvalue weighted by Crippen LogP contribution is -2.37. The Bertz CT molecular complexity index is 182. The lowest BCUT2D eigenvalue weighted by molar-refractivity contribution is 0.00208. The highest BCUT2D eigenvalue weighted by Gasteiger charge is 2.34. The number of hydrogen-bond acceptors (Lipinski definition) is 1. The molecule has 0 spiro atoms. The molecule has 0 saturated heterocycles. The molecule has 0 amide bonds. The minimum absolute atomic E-state index is 0.0813. The van der Waals surface area contributed by atoms with Crippen LogP contribution in [0.2, 0.25) is 0 Å². The van der Waals surface area contributed by atoms with E-state index >= 15 is 0 Å². The Morgan fingerprint density at radius 1 is 1.43 bits per heavy atom. The van der Waals surface area contributed by atoms with Gasteiger partial charge < -0.3 is 5.11 Å². The monoisotopic (exact) mass is 196 g/mol. The van der Waals surface area contributed by atoms with Crippen LogP contribution in [0.25, 0.3) is 0 Å². The van der Waals surface area contributed by atoms with Gasteiger partial charge in [-0.05, 0) is 25.2 Å². The summed E-state index contributed by atoms with van der Waals surface area (Å²) in [5, 5.41) is 10.3. The zero-order valence-corrected chi connectivity index (χ0v) is 9.63. The van der Waals surface area contributed by atoms with Crippen molar-refractivity contribution < 1.29 is 5.11 Å². The van der Waals surface area contributed by atoms with E-state index in [0.29, 0.717) is 5.92 Å². The minimum Gasteiger partial charge on any atom is -0.392 e. The smallest absolute Gasteiger partial charge is 0.0656 e. The van der Waals surface area contributed by atoms with Crippen LogP contribution in [-0.2, 0) is 0 Å². The van der Waals surface area contributed by atoms with E-state index in [1.807, 2.05) is 6.08 Å². The molecule has 82 valence electrons. The fourth-order valence-electron chi connectivity index (χ4n) is 2.46. The van der Waals surface area contributed by atoms with Crippen LogP contribution in [0.5, 0.6) is 0 Å². The first-order chi connectivity index (χ1) is 6.64. The summed E-state index contributed by atoms with van der Waals surface area (Å²) in [6, 6.07) is 0. The highest BCUT2D eigenvalue weighted by Crippen LogP contribution is 2.37. The second-order valence-electron chi connectivity index (χ2n) is 4.91. The summed E-state index contributed by atoms with van der Waals surface area (Å²) in [7, 11) is 0. The van der Waals surface area contributed by atoms with Gasteiger partial charge >= 0.3 is 0 Å². The molecule has 0 radical (unpaired) electrons. The van der Waals surface area contributed by atoms with Gasteiger partial charge in [0.2, 0.25) is 0 Å². The molecule has 1 heteroatoms. The molecule has 1 nitrogen and oxygen atoms in total. The Morgan fingerprint density at radius 2 is 2.00 bits per heavy atom. The Morgan fingerprint density at radius 3 is 2.43 bits per heavy atom. The zero-order chi connectivity index (χ0) is 10.6. The van der Waals surface area contributed by atoms with E-state index in [0.717, 1.165) is 6.42 Å². The standard InChI is InChI=1S/C13H24O/c1-4-13(3,5-2)12(14)11-9-7-6-8-10-11/h4,11-12,14H,1,5-10H2,2-3H3/t12-,13+/m0/s1. The van der Waals surface area contributed by atoms with Gasteiger partial charge in [-0.15, -0.1) is 6.58 Å². The van der Waals surface area contributed by atoms with E-state index in [4.69, 9.17) is 0 Å². The average molecular weight is 196 g/mol. The predicted octanol–water partition coefficient (Wildman–Crippen LogP) is 3.53. The summed E-state index contributed by atoms with van der Waals surface area (Å²) in [5.41, 5.74) is -0.0813. The Hall–Kier alpha value is -0.300. The quantitative estimate of drug-likeness (QED) is 0.682. The van der Waals surface area contributed by atoms with E-state index in [9.17, 15) is 5.11 Å². The van der Waals surface area contributed by atoms with E-state index < -0.39 is 0 Å².